The van der Waals surface area contributed by atoms with Crippen LogP contribution in [0.4, 0.5) is 0 Å². The van der Waals surface area contributed by atoms with Crippen molar-refractivity contribution in [2.24, 2.45) is 0 Å². The number of carbonyl (C=O) groups excluding carboxylic acids is 2. The molecule has 18 heavy (non-hydrogen) atoms. The Morgan fingerprint density at radius 3 is 2.44 bits per heavy atom. The van der Waals surface area contributed by atoms with Gasteiger partial charge in [-0.3, -0.25) is 0 Å². The number of esters is 2. The van der Waals surface area contributed by atoms with Gasteiger partial charge in [0.15, 0.2) is 0 Å². The fourth-order valence-corrected chi connectivity index (χ4v) is 1.81. The molecule has 0 atom stereocenters. The van der Waals surface area contributed by atoms with Crippen molar-refractivity contribution in [3.8, 4) is 0 Å². The van der Waals surface area contributed by atoms with E-state index in [4.69, 9.17) is 9.47 Å². The van der Waals surface area contributed by atoms with Crippen molar-refractivity contribution in [1.82, 2.24) is 0 Å². The summed E-state index contributed by atoms with van der Waals surface area (Å²) in [5, 5.41) is 0. The third kappa shape index (κ3) is 4.35. The minimum Gasteiger partial charge on any atom is -0.466 e. The summed E-state index contributed by atoms with van der Waals surface area (Å²) in [6, 6.07) is 0. The van der Waals surface area contributed by atoms with Gasteiger partial charge in [0.05, 0.1) is 7.11 Å². The summed E-state index contributed by atoms with van der Waals surface area (Å²) in [4.78, 5) is 23.0. The van der Waals surface area contributed by atoms with Crippen LogP contribution in [0.5, 0.6) is 0 Å². The first-order valence-electron chi connectivity index (χ1n) is 6.05. The quantitative estimate of drug-likeness (QED) is 0.572. The van der Waals surface area contributed by atoms with Gasteiger partial charge >= 0.3 is 11.9 Å². The number of rotatable bonds is 3. The molecule has 0 fully saturated rings. The molecule has 0 heterocycles. The summed E-state index contributed by atoms with van der Waals surface area (Å²) >= 11 is 0. The van der Waals surface area contributed by atoms with Gasteiger partial charge in [-0.25, -0.2) is 9.59 Å². The second-order valence-electron chi connectivity index (χ2n) is 5.22. The lowest BCUT2D eigenvalue weighted by Crippen LogP contribution is -2.22. The topological polar surface area (TPSA) is 52.6 Å². The molecule has 0 aliphatic heterocycles. The summed E-state index contributed by atoms with van der Waals surface area (Å²) in [7, 11) is 1.36. The zero-order chi connectivity index (χ0) is 13.8. The Labute approximate surface area is 108 Å². The average molecular weight is 252 g/mol. The van der Waals surface area contributed by atoms with Gasteiger partial charge in [-0.2, -0.15) is 0 Å². The number of hydrogen-bond donors (Lipinski definition) is 0. The van der Waals surface area contributed by atoms with Crippen molar-refractivity contribution >= 4 is 11.9 Å². The molecule has 0 bridgehead atoms. The lowest BCUT2D eigenvalue weighted by molar-refractivity contribution is -0.148. The molecule has 0 radical (unpaired) electrons. The third-order valence-corrected chi connectivity index (χ3v) is 2.52. The Morgan fingerprint density at radius 1 is 1.22 bits per heavy atom. The molecule has 0 N–H and O–H groups in total. The van der Waals surface area contributed by atoms with Crippen LogP contribution < -0.4 is 0 Å². The van der Waals surface area contributed by atoms with Crippen molar-refractivity contribution in [3.63, 3.8) is 0 Å². The van der Waals surface area contributed by atoms with Gasteiger partial charge in [-0.1, -0.05) is 6.08 Å². The summed E-state index contributed by atoms with van der Waals surface area (Å²) in [5.74, 6) is -0.706. The SMILES string of the molecule is COC(=O)C1=C(/C=C/C(=O)OC(C)(C)C)CCC1. The van der Waals surface area contributed by atoms with Crippen molar-refractivity contribution < 1.29 is 19.1 Å². The van der Waals surface area contributed by atoms with Gasteiger partial charge in [0.2, 0.25) is 0 Å². The Balaban J connectivity index is 2.71. The Hall–Kier alpha value is -1.58. The predicted molar refractivity (Wildman–Crippen MR) is 67.9 cm³/mol. The standard InChI is InChI=1S/C14H20O4/c1-14(2,3)18-12(15)9-8-10-6-5-7-11(10)13(16)17-4/h8-9H,5-7H2,1-4H3/b9-8+. The fourth-order valence-electron chi connectivity index (χ4n) is 1.81. The Morgan fingerprint density at radius 2 is 1.89 bits per heavy atom. The van der Waals surface area contributed by atoms with Crippen LogP contribution in [0.25, 0.3) is 0 Å². The minimum atomic E-state index is -0.503. The van der Waals surface area contributed by atoms with Crippen LogP contribution in [0.1, 0.15) is 40.0 Å². The largest absolute Gasteiger partial charge is 0.466 e. The van der Waals surface area contributed by atoms with E-state index in [1.807, 2.05) is 20.8 Å². The molecular formula is C14H20O4. The molecule has 0 unspecified atom stereocenters. The van der Waals surface area contributed by atoms with Crippen molar-refractivity contribution in [2.45, 2.75) is 45.6 Å². The van der Waals surface area contributed by atoms with E-state index in [0.717, 1.165) is 18.4 Å². The zero-order valence-corrected chi connectivity index (χ0v) is 11.4. The number of carbonyl (C=O) groups is 2. The van der Waals surface area contributed by atoms with Gasteiger partial charge in [-0.15, -0.1) is 0 Å². The summed E-state index contributed by atoms with van der Waals surface area (Å²) < 4.78 is 9.86. The molecule has 4 nitrogen and oxygen atoms in total. The van der Waals surface area contributed by atoms with Crippen LogP contribution >= 0.6 is 0 Å². The van der Waals surface area contributed by atoms with Crippen LogP contribution in [0.2, 0.25) is 0 Å². The minimum absolute atomic E-state index is 0.309. The average Bonchev–Trinajstić information content (AvgIpc) is 2.71. The van der Waals surface area contributed by atoms with E-state index < -0.39 is 11.6 Å². The van der Waals surface area contributed by atoms with Gasteiger partial charge in [0, 0.05) is 11.6 Å². The summed E-state index contributed by atoms with van der Waals surface area (Å²) in [5.41, 5.74) is 1.03. The highest BCUT2D eigenvalue weighted by molar-refractivity contribution is 5.91. The molecule has 100 valence electrons. The van der Waals surface area contributed by atoms with E-state index in [-0.39, 0.29) is 5.97 Å². The Bertz CT molecular complexity index is 397. The van der Waals surface area contributed by atoms with Crippen LogP contribution in [0, 0.1) is 0 Å². The highest BCUT2D eigenvalue weighted by Gasteiger charge is 2.20. The first kappa shape index (κ1) is 14.5. The second kappa shape index (κ2) is 5.85. The highest BCUT2D eigenvalue weighted by atomic mass is 16.6. The molecule has 0 amide bonds. The van der Waals surface area contributed by atoms with Gasteiger partial charge in [0.25, 0.3) is 0 Å². The number of allylic oxidation sites excluding steroid dienone is 2. The molecule has 1 rings (SSSR count). The van der Waals surface area contributed by atoms with E-state index in [9.17, 15) is 9.59 Å². The molecule has 0 aromatic carbocycles. The van der Waals surface area contributed by atoms with Gasteiger partial charge in [-0.05, 0) is 45.6 Å². The summed E-state index contributed by atoms with van der Waals surface area (Å²) in [6.07, 6.45) is 5.45. The first-order chi connectivity index (χ1) is 8.33. The maximum atomic E-state index is 11.5. The van der Waals surface area contributed by atoms with Crippen molar-refractivity contribution in [3.05, 3.63) is 23.3 Å². The number of ether oxygens (including phenoxy) is 2. The van der Waals surface area contributed by atoms with E-state index in [0.29, 0.717) is 12.0 Å². The fraction of sp³-hybridized carbons (Fsp3) is 0.571. The molecule has 0 spiro atoms. The van der Waals surface area contributed by atoms with Gasteiger partial charge in [0.1, 0.15) is 5.60 Å². The maximum absolute atomic E-state index is 11.5. The number of hydrogen-bond acceptors (Lipinski definition) is 4. The normalized spacial score (nSPS) is 16.2. The molecular weight excluding hydrogens is 232 g/mol. The van der Waals surface area contributed by atoms with Gasteiger partial charge < -0.3 is 9.47 Å². The van der Waals surface area contributed by atoms with E-state index >= 15 is 0 Å². The van der Waals surface area contributed by atoms with Crippen LogP contribution in [-0.2, 0) is 19.1 Å². The van der Waals surface area contributed by atoms with E-state index in [2.05, 4.69) is 0 Å². The van der Waals surface area contributed by atoms with Crippen molar-refractivity contribution in [1.29, 1.82) is 0 Å². The second-order valence-corrected chi connectivity index (χ2v) is 5.22. The third-order valence-electron chi connectivity index (χ3n) is 2.52. The van der Waals surface area contributed by atoms with E-state index in [1.54, 1.807) is 6.08 Å². The summed E-state index contributed by atoms with van der Waals surface area (Å²) in [6.45, 7) is 5.44. The lowest BCUT2D eigenvalue weighted by Gasteiger charge is -2.17. The lowest BCUT2D eigenvalue weighted by atomic mass is 10.1. The Kier molecular flexibility index (Phi) is 4.70. The molecule has 4 heteroatoms. The molecule has 0 saturated heterocycles. The van der Waals surface area contributed by atoms with Crippen molar-refractivity contribution in [2.75, 3.05) is 7.11 Å². The molecule has 0 saturated carbocycles. The molecule has 0 aromatic heterocycles. The maximum Gasteiger partial charge on any atom is 0.333 e. The molecule has 0 aromatic rings. The molecule has 1 aliphatic carbocycles. The number of methoxy groups -OCH3 is 1. The predicted octanol–water partition coefficient (Wildman–Crippen LogP) is 2.54. The molecule has 1 aliphatic rings. The first-order valence-corrected chi connectivity index (χ1v) is 6.05. The van der Waals surface area contributed by atoms with Crippen LogP contribution in [0.15, 0.2) is 23.3 Å². The monoisotopic (exact) mass is 252 g/mol. The highest BCUT2D eigenvalue weighted by Crippen LogP contribution is 2.27. The van der Waals surface area contributed by atoms with E-state index in [1.165, 1.54) is 13.2 Å². The zero-order valence-electron chi connectivity index (χ0n) is 11.4. The van der Waals surface area contributed by atoms with Crippen LogP contribution in [-0.4, -0.2) is 24.6 Å². The van der Waals surface area contributed by atoms with Crippen LogP contribution in [0.3, 0.4) is 0 Å². The smallest absolute Gasteiger partial charge is 0.333 e.